The number of aryl methyl sites for hydroxylation is 1. The third-order valence-electron chi connectivity index (χ3n) is 7.16. The second-order valence-electron chi connectivity index (χ2n) is 9.34. The maximum atomic E-state index is 13.5. The van der Waals surface area contributed by atoms with Gasteiger partial charge in [0.05, 0.1) is 12.5 Å². The average Bonchev–Trinajstić information content (AvgIpc) is 3.52. The molecule has 3 aliphatic rings. The minimum Gasteiger partial charge on any atom is -0.469 e. The molecule has 0 bridgehead atoms. The summed E-state index contributed by atoms with van der Waals surface area (Å²) in [6, 6.07) is 15.8. The first-order valence-electron chi connectivity index (χ1n) is 11.5. The Balaban J connectivity index is 1.46. The van der Waals surface area contributed by atoms with Crippen LogP contribution in [0.15, 0.2) is 92.4 Å². The molecular weight excluding hydrogens is 414 g/mol. The van der Waals surface area contributed by atoms with Gasteiger partial charge in [0, 0.05) is 53.1 Å². The molecule has 3 aromatic rings. The zero-order valence-corrected chi connectivity index (χ0v) is 18.5. The van der Waals surface area contributed by atoms with Crippen LogP contribution in [0.3, 0.4) is 0 Å². The van der Waals surface area contributed by atoms with Crippen molar-refractivity contribution in [2.75, 3.05) is 0 Å². The number of furan rings is 2. The number of allylic oxidation sites excluding steroid dienone is 4. The van der Waals surface area contributed by atoms with Crippen LogP contribution < -0.4 is 5.32 Å². The third-order valence-corrected chi connectivity index (χ3v) is 7.16. The average molecular weight is 440 g/mol. The largest absolute Gasteiger partial charge is 0.469 e. The number of rotatable bonds is 3. The number of ketones is 2. The fourth-order valence-electron chi connectivity index (χ4n) is 5.73. The molecule has 1 N–H and O–H groups in total. The van der Waals surface area contributed by atoms with Gasteiger partial charge in [0.1, 0.15) is 11.5 Å². The third kappa shape index (κ3) is 3.39. The summed E-state index contributed by atoms with van der Waals surface area (Å²) in [5, 5.41) is 3.55. The van der Waals surface area contributed by atoms with Crippen LogP contribution in [0, 0.1) is 6.92 Å². The van der Waals surface area contributed by atoms with Gasteiger partial charge >= 0.3 is 0 Å². The fourth-order valence-corrected chi connectivity index (χ4v) is 5.73. The summed E-state index contributed by atoms with van der Waals surface area (Å²) in [6.07, 6.45) is 5.47. The van der Waals surface area contributed by atoms with Crippen LogP contribution in [0.5, 0.6) is 0 Å². The van der Waals surface area contributed by atoms with Crippen LogP contribution in [0.4, 0.5) is 0 Å². The number of Topliss-reactive ketones (excluding diaryl/α,β-unsaturated/α-hetero) is 2. The summed E-state index contributed by atoms with van der Waals surface area (Å²) in [7, 11) is 0. The summed E-state index contributed by atoms with van der Waals surface area (Å²) in [5.41, 5.74) is 5.45. The summed E-state index contributed by atoms with van der Waals surface area (Å²) in [4.78, 5) is 27.1. The Bertz CT molecular complexity index is 1220. The predicted molar refractivity (Wildman–Crippen MR) is 122 cm³/mol. The SMILES string of the molecule is Cc1cccc(C2C3=C(C[C@H](c4ccco4)CC3=O)NC3=C2C(=O)C[C@H](c2ccco2)C3)c1. The molecule has 1 aliphatic heterocycles. The molecule has 0 fully saturated rings. The molecule has 33 heavy (non-hydrogen) atoms. The van der Waals surface area contributed by atoms with Crippen molar-refractivity contribution >= 4 is 11.6 Å². The number of nitrogens with one attached hydrogen (secondary N) is 1. The van der Waals surface area contributed by atoms with E-state index in [2.05, 4.69) is 11.4 Å². The van der Waals surface area contributed by atoms with Gasteiger partial charge in [-0.1, -0.05) is 29.8 Å². The van der Waals surface area contributed by atoms with Gasteiger partial charge in [-0.05, 0) is 49.6 Å². The van der Waals surface area contributed by atoms with Gasteiger partial charge in [-0.15, -0.1) is 0 Å². The second-order valence-corrected chi connectivity index (χ2v) is 9.34. The molecule has 5 heteroatoms. The van der Waals surface area contributed by atoms with Gasteiger partial charge in [0.2, 0.25) is 0 Å². The smallest absolute Gasteiger partial charge is 0.162 e. The van der Waals surface area contributed by atoms with E-state index in [1.54, 1.807) is 12.5 Å². The molecule has 5 nitrogen and oxygen atoms in total. The Morgan fingerprint density at radius 3 is 1.82 bits per heavy atom. The number of hydrogen-bond acceptors (Lipinski definition) is 5. The van der Waals surface area contributed by atoms with Crippen molar-refractivity contribution in [3.8, 4) is 0 Å². The van der Waals surface area contributed by atoms with Gasteiger partial charge < -0.3 is 14.2 Å². The Morgan fingerprint density at radius 1 is 0.758 bits per heavy atom. The van der Waals surface area contributed by atoms with Crippen molar-refractivity contribution in [1.29, 1.82) is 0 Å². The number of carbonyl (C=O) groups excluding carboxylic acids is 2. The first kappa shape index (κ1) is 20.0. The van der Waals surface area contributed by atoms with Crippen LogP contribution in [0.25, 0.3) is 0 Å². The van der Waals surface area contributed by atoms with Gasteiger partial charge in [-0.25, -0.2) is 0 Å². The quantitative estimate of drug-likeness (QED) is 0.569. The first-order valence-corrected chi connectivity index (χ1v) is 11.5. The van der Waals surface area contributed by atoms with E-state index in [0.29, 0.717) is 25.7 Å². The molecule has 0 amide bonds. The summed E-state index contributed by atoms with van der Waals surface area (Å²) < 4.78 is 11.3. The topological polar surface area (TPSA) is 72.5 Å². The predicted octanol–water partition coefficient (Wildman–Crippen LogP) is 5.67. The van der Waals surface area contributed by atoms with Crippen LogP contribution in [-0.4, -0.2) is 11.6 Å². The molecule has 2 aromatic heterocycles. The van der Waals surface area contributed by atoms with Crippen LogP contribution >= 0.6 is 0 Å². The highest BCUT2D eigenvalue weighted by Gasteiger charge is 2.44. The molecule has 3 atom stereocenters. The Morgan fingerprint density at radius 2 is 1.33 bits per heavy atom. The van der Waals surface area contributed by atoms with E-state index in [-0.39, 0.29) is 29.3 Å². The Hall–Kier alpha value is -3.60. The molecule has 6 rings (SSSR count). The van der Waals surface area contributed by atoms with Crippen molar-refractivity contribution in [2.24, 2.45) is 0 Å². The lowest BCUT2D eigenvalue weighted by atomic mass is 9.68. The standard InChI is InChI=1S/C28H25NO4/c1-16-5-2-6-17(11-16)26-27-20(12-18(14-22(27)30)24-7-3-9-32-24)29-21-13-19(15-23(31)28(21)26)25-8-4-10-33-25/h2-11,18-19,26,29H,12-15H2,1H3/t18-,19+,26?. The lowest BCUT2D eigenvalue weighted by Crippen LogP contribution is -2.38. The van der Waals surface area contributed by atoms with Gasteiger partial charge in [-0.3, -0.25) is 9.59 Å². The van der Waals surface area contributed by atoms with E-state index in [1.165, 1.54) is 0 Å². The lowest BCUT2D eigenvalue weighted by molar-refractivity contribution is -0.117. The molecule has 0 saturated carbocycles. The molecule has 0 saturated heterocycles. The normalized spacial score (nSPS) is 25.1. The van der Waals surface area contributed by atoms with Crippen molar-refractivity contribution in [2.45, 2.75) is 50.4 Å². The van der Waals surface area contributed by atoms with E-state index < -0.39 is 0 Å². The highest BCUT2D eigenvalue weighted by atomic mass is 16.3. The van der Waals surface area contributed by atoms with Crippen molar-refractivity contribution in [3.63, 3.8) is 0 Å². The minimum atomic E-state index is -0.328. The van der Waals surface area contributed by atoms with Gasteiger partial charge in [0.25, 0.3) is 0 Å². The second kappa shape index (κ2) is 7.77. The number of dihydropyridines is 1. The molecular formula is C28H25NO4. The molecule has 166 valence electrons. The zero-order valence-electron chi connectivity index (χ0n) is 18.5. The number of hydrogen-bond donors (Lipinski definition) is 1. The first-order chi connectivity index (χ1) is 16.1. The minimum absolute atomic E-state index is 0.000720. The van der Waals surface area contributed by atoms with E-state index in [0.717, 1.165) is 45.2 Å². The van der Waals surface area contributed by atoms with E-state index in [9.17, 15) is 9.59 Å². The van der Waals surface area contributed by atoms with Gasteiger partial charge in [0.15, 0.2) is 11.6 Å². The fraction of sp³-hybridized carbons (Fsp3) is 0.286. The Kier molecular flexibility index (Phi) is 4.72. The lowest BCUT2D eigenvalue weighted by Gasteiger charge is -2.40. The maximum Gasteiger partial charge on any atom is 0.162 e. The number of benzene rings is 1. The monoisotopic (exact) mass is 439 g/mol. The van der Waals surface area contributed by atoms with Crippen LogP contribution in [0.1, 0.15) is 66.1 Å². The van der Waals surface area contributed by atoms with Crippen LogP contribution in [0.2, 0.25) is 0 Å². The molecule has 2 aliphatic carbocycles. The van der Waals surface area contributed by atoms with E-state index in [1.807, 2.05) is 49.4 Å². The van der Waals surface area contributed by atoms with E-state index in [4.69, 9.17) is 8.83 Å². The zero-order chi connectivity index (χ0) is 22.5. The highest BCUT2D eigenvalue weighted by molar-refractivity contribution is 6.06. The highest BCUT2D eigenvalue weighted by Crippen LogP contribution is 2.49. The van der Waals surface area contributed by atoms with E-state index >= 15 is 0 Å². The molecule has 0 radical (unpaired) electrons. The molecule has 0 spiro atoms. The summed E-state index contributed by atoms with van der Waals surface area (Å²) in [5.74, 6) is 1.51. The molecule has 1 aromatic carbocycles. The van der Waals surface area contributed by atoms with Crippen molar-refractivity contribution < 1.29 is 18.4 Å². The number of carbonyl (C=O) groups is 2. The molecule has 3 heterocycles. The van der Waals surface area contributed by atoms with Crippen molar-refractivity contribution in [1.82, 2.24) is 5.32 Å². The Labute approximate surface area is 192 Å². The summed E-state index contributed by atoms with van der Waals surface area (Å²) >= 11 is 0. The van der Waals surface area contributed by atoms with Crippen molar-refractivity contribution in [3.05, 3.63) is 106 Å². The maximum absolute atomic E-state index is 13.5. The summed E-state index contributed by atoms with van der Waals surface area (Å²) in [6.45, 7) is 2.04. The van der Waals surface area contributed by atoms with Crippen LogP contribution in [-0.2, 0) is 9.59 Å². The molecule has 1 unspecified atom stereocenters. The van der Waals surface area contributed by atoms with Gasteiger partial charge in [-0.2, -0.15) is 0 Å².